The molecule has 2 rings (SSSR count). The van der Waals surface area contributed by atoms with Crippen LogP contribution < -0.4 is 0 Å². The van der Waals surface area contributed by atoms with Gasteiger partial charge >= 0.3 is 0 Å². The minimum absolute atomic E-state index is 0.0990. The molecule has 2 aliphatic rings. The van der Waals surface area contributed by atoms with Crippen molar-refractivity contribution >= 4 is 15.9 Å². The summed E-state index contributed by atoms with van der Waals surface area (Å²) in [6.45, 7) is 2.67. The van der Waals surface area contributed by atoms with Gasteiger partial charge in [-0.05, 0) is 19.3 Å². The molecule has 2 heterocycles. The summed E-state index contributed by atoms with van der Waals surface area (Å²) < 4.78 is 29.7. The van der Waals surface area contributed by atoms with Crippen molar-refractivity contribution < 1.29 is 17.9 Å². The van der Waals surface area contributed by atoms with E-state index in [2.05, 4.69) is 0 Å². The Balaban J connectivity index is 2.09. The van der Waals surface area contributed by atoms with Crippen LogP contribution in [0, 0.1) is 5.41 Å². The van der Waals surface area contributed by atoms with Gasteiger partial charge in [0.2, 0.25) is 15.9 Å². The van der Waals surface area contributed by atoms with E-state index in [4.69, 9.17) is 4.74 Å². The van der Waals surface area contributed by atoms with Gasteiger partial charge in [-0.15, -0.1) is 0 Å². The van der Waals surface area contributed by atoms with E-state index < -0.39 is 15.4 Å². The molecule has 1 spiro atoms. The third kappa shape index (κ3) is 2.93. The Morgan fingerprint density at radius 2 is 2.05 bits per heavy atom. The Morgan fingerprint density at radius 3 is 2.63 bits per heavy atom. The molecule has 0 saturated carbocycles. The largest absolute Gasteiger partial charge is 0.383 e. The lowest BCUT2D eigenvalue weighted by Crippen LogP contribution is -2.51. The monoisotopic (exact) mass is 290 g/mol. The van der Waals surface area contributed by atoms with Crippen LogP contribution in [0.5, 0.6) is 0 Å². The number of rotatable bonds is 4. The molecule has 0 unspecified atom stereocenters. The van der Waals surface area contributed by atoms with Crippen LogP contribution in [0.4, 0.5) is 0 Å². The molecule has 0 aromatic heterocycles. The summed E-state index contributed by atoms with van der Waals surface area (Å²) in [5, 5.41) is 0. The number of hydrogen-bond acceptors (Lipinski definition) is 4. The maximum Gasteiger partial charge on any atom is 0.230 e. The number of methoxy groups -OCH3 is 1. The zero-order valence-corrected chi connectivity index (χ0v) is 12.4. The number of amides is 1. The van der Waals surface area contributed by atoms with Gasteiger partial charge in [-0.2, -0.15) is 0 Å². The molecule has 0 aromatic carbocycles. The third-order valence-corrected chi connectivity index (χ3v) is 5.43. The quantitative estimate of drug-likeness (QED) is 0.725. The molecular formula is C12H22N2O4S. The van der Waals surface area contributed by atoms with Crippen LogP contribution in [-0.2, 0) is 19.6 Å². The maximum atomic E-state index is 12.6. The van der Waals surface area contributed by atoms with Crippen molar-refractivity contribution in [3.8, 4) is 0 Å². The van der Waals surface area contributed by atoms with E-state index in [1.165, 1.54) is 10.6 Å². The van der Waals surface area contributed by atoms with E-state index in [9.17, 15) is 13.2 Å². The van der Waals surface area contributed by atoms with Crippen LogP contribution in [0.2, 0.25) is 0 Å². The number of nitrogens with zero attached hydrogens (tertiary/aromatic N) is 2. The summed E-state index contributed by atoms with van der Waals surface area (Å²) in [6, 6.07) is 0. The molecule has 0 aliphatic carbocycles. The van der Waals surface area contributed by atoms with Crippen molar-refractivity contribution in [1.82, 2.24) is 9.21 Å². The fourth-order valence-corrected chi connectivity index (χ4v) is 3.97. The van der Waals surface area contributed by atoms with Crippen molar-refractivity contribution in [3.05, 3.63) is 0 Å². The summed E-state index contributed by atoms with van der Waals surface area (Å²) >= 11 is 0. The highest BCUT2D eigenvalue weighted by Crippen LogP contribution is 2.40. The predicted molar refractivity (Wildman–Crippen MR) is 71.2 cm³/mol. The molecule has 0 bridgehead atoms. The van der Waals surface area contributed by atoms with E-state index in [0.29, 0.717) is 32.7 Å². The van der Waals surface area contributed by atoms with Gasteiger partial charge in [-0.3, -0.25) is 4.79 Å². The van der Waals surface area contributed by atoms with Gasteiger partial charge in [-0.1, -0.05) is 0 Å². The van der Waals surface area contributed by atoms with Gasteiger partial charge in [0, 0.05) is 33.3 Å². The van der Waals surface area contributed by atoms with Crippen LogP contribution in [0.15, 0.2) is 0 Å². The fourth-order valence-electron chi connectivity index (χ4n) is 3.06. The second kappa shape index (κ2) is 5.38. The van der Waals surface area contributed by atoms with E-state index >= 15 is 0 Å². The average Bonchev–Trinajstić information content (AvgIpc) is 2.77. The van der Waals surface area contributed by atoms with Crippen molar-refractivity contribution in [1.29, 1.82) is 0 Å². The van der Waals surface area contributed by atoms with E-state index in [0.717, 1.165) is 19.4 Å². The number of hydrogen-bond donors (Lipinski definition) is 0. The van der Waals surface area contributed by atoms with Gasteiger partial charge < -0.3 is 9.64 Å². The second-order valence-corrected chi connectivity index (χ2v) is 7.50. The number of ether oxygens (including phenoxy) is 1. The zero-order chi connectivity index (χ0) is 14.1. The van der Waals surface area contributed by atoms with E-state index in [1.807, 2.05) is 4.90 Å². The molecule has 2 fully saturated rings. The summed E-state index contributed by atoms with van der Waals surface area (Å²) in [5.41, 5.74) is -0.491. The van der Waals surface area contributed by atoms with Crippen LogP contribution in [-0.4, -0.2) is 69.7 Å². The number of carbonyl (C=O) groups excluding carboxylic acids is 1. The summed E-state index contributed by atoms with van der Waals surface area (Å²) in [4.78, 5) is 14.4. The first-order valence-corrected chi connectivity index (χ1v) is 8.47. The predicted octanol–water partition coefficient (Wildman–Crippen LogP) is -0.0931. The van der Waals surface area contributed by atoms with Crippen molar-refractivity contribution in [2.75, 3.05) is 46.2 Å². The number of piperidine rings is 1. The number of sulfonamides is 1. The average molecular weight is 290 g/mol. The van der Waals surface area contributed by atoms with E-state index in [1.54, 1.807) is 7.11 Å². The Hall–Kier alpha value is -0.660. The Bertz CT molecular complexity index is 451. The lowest BCUT2D eigenvalue weighted by Gasteiger charge is -2.39. The highest BCUT2D eigenvalue weighted by atomic mass is 32.2. The molecule has 1 atom stereocenters. The number of likely N-dealkylation sites (tertiary alicyclic amines) is 1. The molecule has 2 saturated heterocycles. The van der Waals surface area contributed by atoms with Crippen LogP contribution in [0.1, 0.15) is 19.3 Å². The molecular weight excluding hydrogens is 268 g/mol. The van der Waals surface area contributed by atoms with Gasteiger partial charge in [0.25, 0.3) is 0 Å². The normalized spacial score (nSPS) is 29.4. The van der Waals surface area contributed by atoms with Crippen molar-refractivity contribution in [3.63, 3.8) is 0 Å². The van der Waals surface area contributed by atoms with Gasteiger partial charge in [0.15, 0.2) is 0 Å². The first-order valence-electron chi connectivity index (χ1n) is 6.62. The Labute approximate surface area is 114 Å². The Morgan fingerprint density at radius 1 is 1.32 bits per heavy atom. The standard InChI is InChI=1S/C12H22N2O4S/c1-18-9-8-13-6-3-4-12(11(13)15)5-7-14(10-12)19(2,16)17/h3-10H2,1-2H3/t12-/m1/s1. The lowest BCUT2D eigenvalue weighted by atomic mass is 9.78. The maximum absolute atomic E-state index is 12.6. The highest BCUT2D eigenvalue weighted by Gasteiger charge is 2.49. The fraction of sp³-hybridized carbons (Fsp3) is 0.917. The molecule has 0 radical (unpaired) electrons. The molecule has 6 nitrogen and oxygen atoms in total. The first-order chi connectivity index (χ1) is 8.89. The van der Waals surface area contributed by atoms with Gasteiger partial charge in [0.1, 0.15) is 0 Å². The van der Waals surface area contributed by atoms with Crippen LogP contribution >= 0.6 is 0 Å². The van der Waals surface area contributed by atoms with Gasteiger partial charge in [0.05, 0.1) is 18.3 Å². The van der Waals surface area contributed by atoms with Crippen molar-refractivity contribution in [2.24, 2.45) is 5.41 Å². The molecule has 7 heteroatoms. The lowest BCUT2D eigenvalue weighted by molar-refractivity contribution is -0.146. The summed E-state index contributed by atoms with van der Waals surface area (Å²) in [5.74, 6) is 0.0990. The molecule has 0 N–H and O–H groups in total. The smallest absolute Gasteiger partial charge is 0.230 e. The van der Waals surface area contributed by atoms with Crippen molar-refractivity contribution in [2.45, 2.75) is 19.3 Å². The topological polar surface area (TPSA) is 66.9 Å². The van der Waals surface area contributed by atoms with E-state index in [-0.39, 0.29) is 5.91 Å². The zero-order valence-electron chi connectivity index (χ0n) is 11.6. The highest BCUT2D eigenvalue weighted by molar-refractivity contribution is 7.88. The molecule has 1 amide bonds. The SMILES string of the molecule is COCCN1CCC[C@]2(CCN(S(C)(=O)=O)C2)C1=O. The minimum atomic E-state index is -3.20. The third-order valence-electron chi connectivity index (χ3n) is 4.18. The van der Waals surface area contributed by atoms with Crippen LogP contribution in [0.25, 0.3) is 0 Å². The first kappa shape index (κ1) is 14.7. The molecule has 0 aromatic rings. The number of carbonyl (C=O) groups is 1. The molecule has 2 aliphatic heterocycles. The summed E-state index contributed by atoms with van der Waals surface area (Å²) in [6.07, 6.45) is 3.58. The minimum Gasteiger partial charge on any atom is -0.383 e. The molecule has 110 valence electrons. The van der Waals surface area contributed by atoms with Crippen LogP contribution in [0.3, 0.4) is 0 Å². The molecule has 19 heavy (non-hydrogen) atoms. The Kier molecular flexibility index (Phi) is 4.17. The second-order valence-electron chi connectivity index (χ2n) is 5.52. The van der Waals surface area contributed by atoms with Gasteiger partial charge in [-0.25, -0.2) is 12.7 Å². The summed E-state index contributed by atoms with van der Waals surface area (Å²) in [7, 11) is -1.58.